The summed E-state index contributed by atoms with van der Waals surface area (Å²) in [5.74, 6) is 0.887. The molecule has 3 saturated heterocycles. The molecular formula is C17H34N4. The number of piperazine rings is 1. The van der Waals surface area contributed by atoms with Crippen molar-refractivity contribution in [2.45, 2.75) is 38.6 Å². The van der Waals surface area contributed by atoms with Gasteiger partial charge in [0.1, 0.15) is 0 Å². The third-order valence-corrected chi connectivity index (χ3v) is 5.85. The molecule has 1 N–H and O–H groups in total. The Bertz CT molecular complexity index is 295. The molecular weight excluding hydrogens is 260 g/mol. The fourth-order valence-electron chi connectivity index (χ4n) is 4.41. The zero-order valence-electron chi connectivity index (χ0n) is 13.9. The van der Waals surface area contributed by atoms with E-state index in [1.54, 1.807) is 0 Å². The van der Waals surface area contributed by atoms with Gasteiger partial charge in [0.2, 0.25) is 0 Å². The van der Waals surface area contributed by atoms with Crippen LogP contribution < -0.4 is 5.32 Å². The second kappa shape index (κ2) is 7.91. The van der Waals surface area contributed by atoms with Crippen molar-refractivity contribution in [2.24, 2.45) is 5.92 Å². The van der Waals surface area contributed by atoms with Crippen LogP contribution in [0.25, 0.3) is 0 Å². The van der Waals surface area contributed by atoms with Crippen molar-refractivity contribution >= 4 is 0 Å². The molecule has 4 heteroatoms. The predicted octanol–water partition coefficient (Wildman–Crippen LogP) is 1.09. The minimum atomic E-state index is 0.795. The highest BCUT2D eigenvalue weighted by Crippen LogP contribution is 2.23. The summed E-state index contributed by atoms with van der Waals surface area (Å²) < 4.78 is 0. The predicted molar refractivity (Wildman–Crippen MR) is 88.7 cm³/mol. The molecule has 0 bridgehead atoms. The molecule has 0 saturated carbocycles. The molecule has 2 atom stereocenters. The van der Waals surface area contributed by atoms with Gasteiger partial charge in [0.15, 0.2) is 0 Å². The number of nitrogens with one attached hydrogen (secondary N) is 1. The van der Waals surface area contributed by atoms with Crippen LogP contribution in [0.15, 0.2) is 0 Å². The van der Waals surface area contributed by atoms with Crippen LogP contribution in [0.2, 0.25) is 0 Å². The molecule has 0 aliphatic carbocycles. The number of nitrogens with zero attached hydrogens (tertiary/aromatic N) is 3. The smallest absolute Gasteiger partial charge is 0.0261 e. The minimum Gasteiger partial charge on any atom is -0.315 e. The first kappa shape index (κ1) is 15.7. The van der Waals surface area contributed by atoms with E-state index in [-0.39, 0.29) is 0 Å². The lowest BCUT2D eigenvalue weighted by Gasteiger charge is -2.44. The molecule has 3 fully saturated rings. The van der Waals surface area contributed by atoms with Gasteiger partial charge in [-0.05, 0) is 51.4 Å². The standard InChI is InChI=1S/C17H34N4/c1-2-19-10-12-20(13-11-19)15-16-6-7-18-14-17(16)21-8-4-3-5-9-21/h16-18H,2-15H2,1H3. The summed E-state index contributed by atoms with van der Waals surface area (Å²) >= 11 is 0. The summed E-state index contributed by atoms with van der Waals surface area (Å²) in [6.07, 6.45) is 5.65. The lowest BCUT2D eigenvalue weighted by atomic mass is 9.89. The average Bonchev–Trinajstić information content (AvgIpc) is 2.57. The molecule has 0 spiro atoms. The van der Waals surface area contributed by atoms with E-state index in [1.165, 1.54) is 91.1 Å². The summed E-state index contributed by atoms with van der Waals surface area (Å²) in [4.78, 5) is 8.11. The van der Waals surface area contributed by atoms with E-state index >= 15 is 0 Å². The Morgan fingerprint density at radius 1 is 0.905 bits per heavy atom. The number of rotatable bonds is 4. The summed E-state index contributed by atoms with van der Waals surface area (Å²) in [5, 5.41) is 3.65. The van der Waals surface area contributed by atoms with Crippen molar-refractivity contribution in [1.29, 1.82) is 0 Å². The van der Waals surface area contributed by atoms with Gasteiger partial charge in [-0.2, -0.15) is 0 Å². The SMILES string of the molecule is CCN1CCN(CC2CCNCC2N2CCCCC2)CC1. The van der Waals surface area contributed by atoms with Crippen molar-refractivity contribution in [3.05, 3.63) is 0 Å². The zero-order valence-corrected chi connectivity index (χ0v) is 13.9. The quantitative estimate of drug-likeness (QED) is 0.838. The summed E-state index contributed by atoms with van der Waals surface area (Å²) in [7, 11) is 0. The van der Waals surface area contributed by atoms with Gasteiger partial charge in [0.05, 0.1) is 0 Å². The lowest BCUT2D eigenvalue weighted by Crippen LogP contribution is -2.56. The highest BCUT2D eigenvalue weighted by atomic mass is 15.3. The van der Waals surface area contributed by atoms with Crippen LogP contribution in [-0.4, -0.2) is 86.2 Å². The Balaban J connectivity index is 1.52. The van der Waals surface area contributed by atoms with Crippen molar-refractivity contribution in [2.75, 3.05) is 65.4 Å². The van der Waals surface area contributed by atoms with Gasteiger partial charge < -0.3 is 15.1 Å². The van der Waals surface area contributed by atoms with E-state index in [2.05, 4.69) is 26.9 Å². The fraction of sp³-hybridized carbons (Fsp3) is 1.00. The first-order valence-electron chi connectivity index (χ1n) is 9.26. The van der Waals surface area contributed by atoms with E-state index in [9.17, 15) is 0 Å². The van der Waals surface area contributed by atoms with E-state index in [4.69, 9.17) is 0 Å². The maximum atomic E-state index is 3.65. The molecule has 0 aromatic heterocycles. The highest BCUT2D eigenvalue weighted by molar-refractivity contribution is 4.89. The largest absolute Gasteiger partial charge is 0.315 e. The van der Waals surface area contributed by atoms with Crippen LogP contribution in [0, 0.1) is 5.92 Å². The number of likely N-dealkylation sites (N-methyl/N-ethyl adjacent to an activating group) is 1. The van der Waals surface area contributed by atoms with E-state index < -0.39 is 0 Å². The van der Waals surface area contributed by atoms with Gasteiger partial charge in [0, 0.05) is 45.3 Å². The van der Waals surface area contributed by atoms with E-state index in [1.807, 2.05) is 0 Å². The molecule has 0 radical (unpaired) electrons. The molecule has 3 aliphatic rings. The molecule has 0 amide bonds. The summed E-state index contributed by atoms with van der Waals surface area (Å²) in [5.41, 5.74) is 0. The van der Waals surface area contributed by atoms with Gasteiger partial charge in [-0.25, -0.2) is 0 Å². The summed E-state index contributed by atoms with van der Waals surface area (Å²) in [6, 6.07) is 0.795. The van der Waals surface area contributed by atoms with Crippen LogP contribution in [0.1, 0.15) is 32.6 Å². The molecule has 4 nitrogen and oxygen atoms in total. The van der Waals surface area contributed by atoms with Gasteiger partial charge in [-0.15, -0.1) is 0 Å². The van der Waals surface area contributed by atoms with Crippen LogP contribution in [-0.2, 0) is 0 Å². The molecule has 122 valence electrons. The average molecular weight is 294 g/mol. The minimum absolute atomic E-state index is 0.795. The third-order valence-electron chi connectivity index (χ3n) is 5.85. The monoisotopic (exact) mass is 294 g/mol. The van der Waals surface area contributed by atoms with Crippen molar-refractivity contribution in [1.82, 2.24) is 20.0 Å². The zero-order chi connectivity index (χ0) is 14.5. The van der Waals surface area contributed by atoms with Crippen LogP contribution in [0.4, 0.5) is 0 Å². The maximum Gasteiger partial charge on any atom is 0.0261 e. The molecule has 0 aromatic rings. The first-order chi connectivity index (χ1) is 10.4. The Hall–Kier alpha value is -0.160. The molecule has 2 unspecified atom stereocenters. The van der Waals surface area contributed by atoms with Gasteiger partial charge in [-0.1, -0.05) is 13.3 Å². The van der Waals surface area contributed by atoms with Crippen molar-refractivity contribution < 1.29 is 0 Å². The molecule has 3 heterocycles. The normalized spacial score (nSPS) is 34.1. The molecule has 0 aromatic carbocycles. The number of piperidine rings is 2. The molecule has 21 heavy (non-hydrogen) atoms. The Morgan fingerprint density at radius 2 is 1.62 bits per heavy atom. The topological polar surface area (TPSA) is 21.8 Å². The Kier molecular flexibility index (Phi) is 5.92. The second-order valence-corrected chi connectivity index (χ2v) is 7.15. The number of hydrogen-bond acceptors (Lipinski definition) is 4. The summed E-state index contributed by atoms with van der Waals surface area (Å²) in [6.45, 7) is 15.1. The third kappa shape index (κ3) is 4.19. The van der Waals surface area contributed by atoms with Gasteiger partial charge in [0.25, 0.3) is 0 Å². The van der Waals surface area contributed by atoms with Crippen LogP contribution in [0.3, 0.4) is 0 Å². The highest BCUT2D eigenvalue weighted by Gasteiger charge is 2.32. The molecule has 3 aliphatic heterocycles. The van der Waals surface area contributed by atoms with Crippen molar-refractivity contribution in [3.8, 4) is 0 Å². The molecule has 3 rings (SSSR count). The number of likely N-dealkylation sites (tertiary alicyclic amines) is 1. The fourth-order valence-corrected chi connectivity index (χ4v) is 4.41. The van der Waals surface area contributed by atoms with E-state index in [0.29, 0.717) is 0 Å². The van der Waals surface area contributed by atoms with E-state index in [0.717, 1.165) is 12.0 Å². The van der Waals surface area contributed by atoms with Crippen LogP contribution in [0.5, 0.6) is 0 Å². The Labute approximate surface area is 130 Å². The second-order valence-electron chi connectivity index (χ2n) is 7.15. The Morgan fingerprint density at radius 3 is 2.33 bits per heavy atom. The van der Waals surface area contributed by atoms with Gasteiger partial charge >= 0.3 is 0 Å². The number of hydrogen-bond donors (Lipinski definition) is 1. The van der Waals surface area contributed by atoms with Gasteiger partial charge in [-0.3, -0.25) is 4.90 Å². The maximum absolute atomic E-state index is 3.65. The first-order valence-corrected chi connectivity index (χ1v) is 9.26. The van der Waals surface area contributed by atoms with Crippen molar-refractivity contribution in [3.63, 3.8) is 0 Å². The van der Waals surface area contributed by atoms with Crippen LogP contribution >= 0.6 is 0 Å². The lowest BCUT2D eigenvalue weighted by molar-refractivity contribution is 0.0550.